The number of rotatable bonds is 1. The first-order chi connectivity index (χ1) is 6.22. The van der Waals surface area contributed by atoms with E-state index in [9.17, 15) is 4.39 Å². The van der Waals surface area contributed by atoms with Crippen molar-refractivity contribution in [2.24, 2.45) is 7.05 Å². The van der Waals surface area contributed by atoms with E-state index in [1.807, 2.05) is 13.2 Å². The molecule has 0 unspecified atom stereocenters. The highest BCUT2D eigenvalue weighted by Gasteiger charge is 2.36. The standard InChI is InChI=1S/C10H15FN2/c1-13-8-7-12-9(13)10(11)5-3-2-4-6-10/h7-8H,2-6H2,1H3. The smallest absolute Gasteiger partial charge is 0.168 e. The number of aromatic nitrogens is 2. The molecule has 0 bridgehead atoms. The van der Waals surface area contributed by atoms with Crippen LogP contribution in [0.1, 0.15) is 37.9 Å². The third-order valence-electron chi connectivity index (χ3n) is 2.87. The number of aryl methyl sites for hydroxylation is 1. The van der Waals surface area contributed by atoms with Crippen molar-refractivity contribution in [3.05, 3.63) is 18.2 Å². The lowest BCUT2D eigenvalue weighted by Crippen LogP contribution is -2.26. The highest BCUT2D eigenvalue weighted by molar-refractivity contribution is 5.05. The topological polar surface area (TPSA) is 17.8 Å². The van der Waals surface area contributed by atoms with E-state index in [4.69, 9.17) is 0 Å². The monoisotopic (exact) mass is 182 g/mol. The molecule has 0 saturated heterocycles. The van der Waals surface area contributed by atoms with Crippen LogP contribution in [0.15, 0.2) is 12.4 Å². The van der Waals surface area contributed by atoms with Gasteiger partial charge in [-0.2, -0.15) is 0 Å². The average Bonchev–Trinajstić information content (AvgIpc) is 2.53. The molecule has 0 spiro atoms. The van der Waals surface area contributed by atoms with E-state index in [1.165, 1.54) is 0 Å². The van der Waals surface area contributed by atoms with Crippen molar-refractivity contribution in [2.45, 2.75) is 37.8 Å². The zero-order chi connectivity index (χ0) is 9.31. The summed E-state index contributed by atoms with van der Waals surface area (Å²) in [5.41, 5.74) is -1.16. The Balaban J connectivity index is 2.27. The number of nitrogens with zero attached hydrogens (tertiary/aromatic N) is 2. The van der Waals surface area contributed by atoms with Crippen molar-refractivity contribution < 1.29 is 4.39 Å². The summed E-state index contributed by atoms with van der Waals surface area (Å²) in [5, 5.41) is 0. The van der Waals surface area contributed by atoms with Crippen molar-refractivity contribution >= 4 is 0 Å². The lowest BCUT2D eigenvalue weighted by atomic mass is 9.86. The fourth-order valence-electron chi connectivity index (χ4n) is 2.13. The predicted octanol–water partition coefficient (Wildman–Crippen LogP) is 2.55. The Bertz CT molecular complexity index is 287. The molecule has 1 heterocycles. The Morgan fingerprint density at radius 2 is 2.08 bits per heavy atom. The predicted molar refractivity (Wildman–Crippen MR) is 49.1 cm³/mol. The van der Waals surface area contributed by atoms with Gasteiger partial charge in [0, 0.05) is 19.4 Å². The van der Waals surface area contributed by atoms with Crippen LogP contribution in [0.25, 0.3) is 0 Å². The summed E-state index contributed by atoms with van der Waals surface area (Å²) in [5.74, 6) is 0.604. The SMILES string of the molecule is Cn1ccnc1C1(F)CCCCC1. The summed E-state index contributed by atoms with van der Waals surface area (Å²) in [6.45, 7) is 0. The molecule has 0 aliphatic heterocycles. The third kappa shape index (κ3) is 1.47. The first-order valence-corrected chi connectivity index (χ1v) is 4.89. The number of hydrogen-bond donors (Lipinski definition) is 0. The van der Waals surface area contributed by atoms with Crippen LogP contribution in [0.5, 0.6) is 0 Å². The van der Waals surface area contributed by atoms with Gasteiger partial charge in [0.2, 0.25) is 0 Å². The molecule has 1 aromatic rings. The number of halogens is 1. The minimum atomic E-state index is -1.16. The molecule has 1 aliphatic rings. The van der Waals surface area contributed by atoms with Gasteiger partial charge in [-0.25, -0.2) is 9.37 Å². The maximum absolute atomic E-state index is 14.3. The van der Waals surface area contributed by atoms with Crippen LogP contribution >= 0.6 is 0 Å². The number of imidazole rings is 1. The highest BCUT2D eigenvalue weighted by atomic mass is 19.1. The van der Waals surface area contributed by atoms with Crippen LogP contribution in [0.2, 0.25) is 0 Å². The normalized spacial score (nSPS) is 21.7. The van der Waals surface area contributed by atoms with Crippen LogP contribution < -0.4 is 0 Å². The summed E-state index contributed by atoms with van der Waals surface area (Å²) in [7, 11) is 1.86. The second-order valence-electron chi connectivity index (χ2n) is 3.89. The maximum Gasteiger partial charge on any atom is 0.168 e. The first kappa shape index (κ1) is 8.73. The van der Waals surface area contributed by atoms with Crippen molar-refractivity contribution in [3.63, 3.8) is 0 Å². The molecule has 0 radical (unpaired) electrons. The highest BCUT2D eigenvalue weighted by Crippen LogP contribution is 2.39. The largest absolute Gasteiger partial charge is 0.335 e. The molecule has 0 N–H and O–H groups in total. The molecule has 1 fully saturated rings. The second kappa shape index (κ2) is 3.13. The van der Waals surface area contributed by atoms with Gasteiger partial charge < -0.3 is 4.57 Å². The Morgan fingerprint density at radius 3 is 2.62 bits per heavy atom. The summed E-state index contributed by atoms with van der Waals surface area (Å²) in [6, 6.07) is 0. The van der Waals surface area contributed by atoms with Crippen LogP contribution in [0.3, 0.4) is 0 Å². The third-order valence-corrected chi connectivity index (χ3v) is 2.87. The molecule has 72 valence electrons. The quantitative estimate of drug-likeness (QED) is 0.652. The van der Waals surface area contributed by atoms with E-state index in [2.05, 4.69) is 4.98 Å². The maximum atomic E-state index is 14.3. The lowest BCUT2D eigenvalue weighted by molar-refractivity contribution is 0.0919. The first-order valence-electron chi connectivity index (χ1n) is 4.89. The molecule has 1 aromatic heterocycles. The van der Waals surface area contributed by atoms with Crippen molar-refractivity contribution in [3.8, 4) is 0 Å². The van der Waals surface area contributed by atoms with Crippen LogP contribution in [-0.2, 0) is 12.7 Å². The van der Waals surface area contributed by atoms with E-state index < -0.39 is 5.67 Å². The molecular weight excluding hydrogens is 167 g/mol. The molecule has 1 saturated carbocycles. The van der Waals surface area contributed by atoms with Crippen molar-refractivity contribution in [1.82, 2.24) is 9.55 Å². The van der Waals surface area contributed by atoms with Crippen LogP contribution in [0.4, 0.5) is 4.39 Å². The van der Waals surface area contributed by atoms with Gasteiger partial charge >= 0.3 is 0 Å². The van der Waals surface area contributed by atoms with E-state index >= 15 is 0 Å². The molecule has 0 amide bonds. The van der Waals surface area contributed by atoms with E-state index in [-0.39, 0.29) is 0 Å². The Hall–Kier alpha value is -0.860. The Morgan fingerprint density at radius 1 is 1.38 bits per heavy atom. The number of hydrogen-bond acceptors (Lipinski definition) is 1. The van der Waals surface area contributed by atoms with Gasteiger partial charge in [0.15, 0.2) is 5.67 Å². The number of alkyl halides is 1. The van der Waals surface area contributed by atoms with Gasteiger partial charge in [0.1, 0.15) is 5.82 Å². The zero-order valence-electron chi connectivity index (χ0n) is 7.96. The molecule has 0 aromatic carbocycles. The molecule has 0 atom stereocenters. The summed E-state index contributed by atoms with van der Waals surface area (Å²) >= 11 is 0. The summed E-state index contributed by atoms with van der Waals surface area (Å²) in [4.78, 5) is 4.10. The Kier molecular flexibility index (Phi) is 2.10. The summed E-state index contributed by atoms with van der Waals surface area (Å²) < 4.78 is 16.1. The van der Waals surface area contributed by atoms with Gasteiger partial charge in [-0.05, 0) is 25.7 Å². The molecule has 13 heavy (non-hydrogen) atoms. The van der Waals surface area contributed by atoms with Crippen molar-refractivity contribution in [1.29, 1.82) is 0 Å². The minimum Gasteiger partial charge on any atom is -0.335 e. The molecule has 1 aliphatic carbocycles. The average molecular weight is 182 g/mol. The summed E-state index contributed by atoms with van der Waals surface area (Å²) in [6.07, 6.45) is 7.90. The fourth-order valence-corrected chi connectivity index (χ4v) is 2.13. The Labute approximate surface area is 77.8 Å². The van der Waals surface area contributed by atoms with Gasteiger partial charge in [-0.1, -0.05) is 6.42 Å². The lowest BCUT2D eigenvalue weighted by Gasteiger charge is -2.28. The fraction of sp³-hybridized carbons (Fsp3) is 0.700. The van der Waals surface area contributed by atoms with Gasteiger partial charge in [0.05, 0.1) is 0 Å². The van der Waals surface area contributed by atoms with Gasteiger partial charge in [-0.15, -0.1) is 0 Å². The van der Waals surface area contributed by atoms with Crippen LogP contribution in [-0.4, -0.2) is 9.55 Å². The molecule has 3 heteroatoms. The molecular formula is C10H15FN2. The minimum absolute atomic E-state index is 0.604. The van der Waals surface area contributed by atoms with E-state index in [0.29, 0.717) is 18.7 Å². The molecule has 2 nitrogen and oxygen atoms in total. The molecule has 2 rings (SSSR count). The van der Waals surface area contributed by atoms with Crippen LogP contribution in [0, 0.1) is 0 Å². The van der Waals surface area contributed by atoms with Gasteiger partial charge in [0.25, 0.3) is 0 Å². The zero-order valence-corrected chi connectivity index (χ0v) is 7.96. The van der Waals surface area contributed by atoms with E-state index in [0.717, 1.165) is 19.3 Å². The van der Waals surface area contributed by atoms with Gasteiger partial charge in [-0.3, -0.25) is 0 Å². The second-order valence-corrected chi connectivity index (χ2v) is 3.89. The van der Waals surface area contributed by atoms with E-state index in [1.54, 1.807) is 10.8 Å². The van der Waals surface area contributed by atoms with Crippen molar-refractivity contribution in [2.75, 3.05) is 0 Å².